The van der Waals surface area contributed by atoms with Gasteiger partial charge in [-0.3, -0.25) is 0 Å². The molecule has 0 aliphatic heterocycles. The summed E-state index contributed by atoms with van der Waals surface area (Å²) in [6, 6.07) is 15.7. The number of hydrogen-bond donors (Lipinski definition) is 1. The Hall–Kier alpha value is -2.57. The first kappa shape index (κ1) is 16.3. The molecule has 122 valence electrons. The maximum atomic E-state index is 12.4. The normalized spacial score (nSPS) is 11.4. The molecule has 0 unspecified atom stereocenters. The SMILES string of the molecule is O=C(O)c1ccc(Cl)c(S(=O)(=O)Oc2ccc3ccccc3c2)c1. The van der Waals surface area contributed by atoms with Crippen molar-refractivity contribution in [3.8, 4) is 5.75 Å². The molecule has 0 saturated carbocycles. The van der Waals surface area contributed by atoms with E-state index in [1.807, 2.05) is 24.3 Å². The molecule has 0 aromatic heterocycles. The van der Waals surface area contributed by atoms with Crippen molar-refractivity contribution in [2.75, 3.05) is 0 Å². The van der Waals surface area contributed by atoms with E-state index in [2.05, 4.69) is 0 Å². The van der Waals surface area contributed by atoms with Crippen molar-refractivity contribution in [2.45, 2.75) is 4.90 Å². The second kappa shape index (κ2) is 6.14. The predicted molar refractivity (Wildman–Crippen MR) is 90.2 cm³/mol. The van der Waals surface area contributed by atoms with Crippen LogP contribution in [0.3, 0.4) is 0 Å². The van der Waals surface area contributed by atoms with Crippen molar-refractivity contribution in [2.24, 2.45) is 0 Å². The first-order valence-corrected chi connectivity index (χ1v) is 8.61. The van der Waals surface area contributed by atoms with E-state index in [-0.39, 0.29) is 16.3 Å². The second-order valence-electron chi connectivity index (χ2n) is 5.00. The van der Waals surface area contributed by atoms with Crippen LogP contribution in [0.15, 0.2) is 65.6 Å². The van der Waals surface area contributed by atoms with Gasteiger partial charge in [0.2, 0.25) is 0 Å². The van der Waals surface area contributed by atoms with Gasteiger partial charge in [0.15, 0.2) is 0 Å². The standard InChI is InChI=1S/C17H11ClO5S/c18-15-8-6-13(17(19)20)10-16(15)24(21,22)23-14-7-5-11-3-1-2-4-12(11)9-14/h1-10H,(H,19,20). The minimum Gasteiger partial charge on any atom is -0.478 e. The Bertz CT molecular complexity index is 1040. The Labute approximate surface area is 143 Å². The van der Waals surface area contributed by atoms with Crippen LogP contribution in [0.25, 0.3) is 10.8 Å². The van der Waals surface area contributed by atoms with Crippen LogP contribution >= 0.6 is 11.6 Å². The molecule has 5 nitrogen and oxygen atoms in total. The zero-order valence-electron chi connectivity index (χ0n) is 12.1. The molecule has 0 atom stereocenters. The van der Waals surface area contributed by atoms with Crippen LogP contribution in [0.1, 0.15) is 10.4 Å². The van der Waals surface area contributed by atoms with E-state index in [4.69, 9.17) is 20.9 Å². The molecule has 0 aliphatic carbocycles. The molecule has 0 amide bonds. The Kier molecular flexibility index (Phi) is 4.17. The summed E-state index contributed by atoms with van der Waals surface area (Å²) in [5, 5.41) is 10.6. The van der Waals surface area contributed by atoms with E-state index >= 15 is 0 Å². The Morgan fingerprint density at radius 2 is 1.67 bits per heavy atom. The number of aromatic carboxylic acids is 1. The predicted octanol–water partition coefficient (Wildman–Crippen LogP) is 3.96. The highest BCUT2D eigenvalue weighted by atomic mass is 35.5. The third-order valence-electron chi connectivity index (χ3n) is 3.37. The summed E-state index contributed by atoms with van der Waals surface area (Å²) >= 11 is 5.89. The summed E-state index contributed by atoms with van der Waals surface area (Å²) in [6.07, 6.45) is 0. The third kappa shape index (κ3) is 3.20. The van der Waals surface area contributed by atoms with Gasteiger partial charge in [0.05, 0.1) is 10.6 Å². The summed E-state index contributed by atoms with van der Waals surface area (Å²) < 4.78 is 30.0. The van der Waals surface area contributed by atoms with Crippen molar-refractivity contribution in [1.82, 2.24) is 0 Å². The summed E-state index contributed by atoms with van der Waals surface area (Å²) in [7, 11) is -4.26. The number of halogens is 1. The number of fused-ring (bicyclic) bond motifs is 1. The molecule has 3 aromatic carbocycles. The molecule has 3 rings (SSSR count). The van der Waals surface area contributed by atoms with E-state index in [0.717, 1.165) is 16.8 Å². The summed E-state index contributed by atoms with van der Waals surface area (Å²) in [6.45, 7) is 0. The van der Waals surface area contributed by atoms with E-state index in [1.54, 1.807) is 12.1 Å². The van der Waals surface area contributed by atoms with Gasteiger partial charge >= 0.3 is 16.1 Å². The number of carboxylic acid groups (broad SMARTS) is 1. The van der Waals surface area contributed by atoms with Gasteiger partial charge in [0.1, 0.15) is 10.6 Å². The smallest absolute Gasteiger partial charge is 0.340 e. The molecule has 3 aromatic rings. The van der Waals surface area contributed by atoms with Crippen LogP contribution in [-0.4, -0.2) is 19.5 Å². The molecule has 0 radical (unpaired) electrons. The lowest BCUT2D eigenvalue weighted by Gasteiger charge is -2.10. The maximum absolute atomic E-state index is 12.4. The molecule has 0 saturated heterocycles. The monoisotopic (exact) mass is 362 g/mol. The lowest BCUT2D eigenvalue weighted by molar-refractivity contribution is 0.0696. The average molecular weight is 363 g/mol. The van der Waals surface area contributed by atoms with Crippen LogP contribution in [0.5, 0.6) is 5.75 Å². The summed E-state index contributed by atoms with van der Waals surface area (Å²) in [4.78, 5) is 10.6. The molecule has 24 heavy (non-hydrogen) atoms. The van der Waals surface area contributed by atoms with Gasteiger partial charge < -0.3 is 9.29 Å². The maximum Gasteiger partial charge on any atom is 0.340 e. The van der Waals surface area contributed by atoms with Crippen molar-refractivity contribution in [3.63, 3.8) is 0 Å². The van der Waals surface area contributed by atoms with Crippen molar-refractivity contribution >= 4 is 38.5 Å². The second-order valence-corrected chi connectivity index (χ2v) is 6.92. The molecule has 1 N–H and O–H groups in total. The molecular formula is C17H11ClO5S. The largest absolute Gasteiger partial charge is 0.478 e. The summed E-state index contributed by atoms with van der Waals surface area (Å²) in [5.41, 5.74) is -0.194. The van der Waals surface area contributed by atoms with Gasteiger partial charge in [0, 0.05) is 0 Å². The van der Waals surface area contributed by atoms with Crippen LogP contribution in [-0.2, 0) is 10.1 Å². The van der Waals surface area contributed by atoms with Gasteiger partial charge in [-0.25, -0.2) is 4.79 Å². The molecule has 0 spiro atoms. The number of rotatable bonds is 4. The number of carboxylic acids is 1. The molecule has 0 aliphatic rings. The zero-order valence-corrected chi connectivity index (χ0v) is 13.7. The first-order chi connectivity index (χ1) is 11.4. The minimum absolute atomic E-state index is 0.110. The number of hydrogen-bond acceptors (Lipinski definition) is 4. The van der Waals surface area contributed by atoms with E-state index in [1.165, 1.54) is 18.2 Å². The topological polar surface area (TPSA) is 80.7 Å². The Morgan fingerprint density at radius 1 is 0.958 bits per heavy atom. The molecule has 0 heterocycles. The highest BCUT2D eigenvalue weighted by Crippen LogP contribution is 2.28. The van der Waals surface area contributed by atoms with Gasteiger partial charge in [-0.05, 0) is 41.1 Å². The van der Waals surface area contributed by atoms with E-state index in [0.29, 0.717) is 0 Å². The average Bonchev–Trinajstić information content (AvgIpc) is 2.54. The molecule has 0 fully saturated rings. The van der Waals surface area contributed by atoms with Crippen LogP contribution in [0.2, 0.25) is 5.02 Å². The molecular weight excluding hydrogens is 352 g/mol. The van der Waals surface area contributed by atoms with Crippen LogP contribution < -0.4 is 4.18 Å². The van der Waals surface area contributed by atoms with Gasteiger partial charge in [-0.15, -0.1) is 0 Å². The Morgan fingerprint density at radius 3 is 2.38 bits per heavy atom. The molecule has 0 bridgehead atoms. The number of carbonyl (C=O) groups is 1. The van der Waals surface area contributed by atoms with Crippen molar-refractivity contribution < 1.29 is 22.5 Å². The fourth-order valence-electron chi connectivity index (χ4n) is 2.22. The molecule has 7 heteroatoms. The van der Waals surface area contributed by atoms with Crippen LogP contribution in [0.4, 0.5) is 0 Å². The zero-order chi connectivity index (χ0) is 17.3. The van der Waals surface area contributed by atoms with Gasteiger partial charge in [0.25, 0.3) is 0 Å². The fraction of sp³-hybridized carbons (Fsp3) is 0. The van der Waals surface area contributed by atoms with Crippen LogP contribution in [0, 0.1) is 0 Å². The minimum atomic E-state index is -4.26. The highest BCUT2D eigenvalue weighted by molar-refractivity contribution is 7.87. The van der Waals surface area contributed by atoms with Crippen molar-refractivity contribution in [1.29, 1.82) is 0 Å². The highest BCUT2D eigenvalue weighted by Gasteiger charge is 2.22. The number of benzene rings is 3. The van der Waals surface area contributed by atoms with Gasteiger partial charge in [-0.1, -0.05) is 41.9 Å². The van der Waals surface area contributed by atoms with E-state index in [9.17, 15) is 13.2 Å². The fourth-order valence-corrected chi connectivity index (χ4v) is 3.64. The third-order valence-corrected chi connectivity index (χ3v) is 5.10. The first-order valence-electron chi connectivity index (χ1n) is 6.83. The van der Waals surface area contributed by atoms with Gasteiger partial charge in [-0.2, -0.15) is 8.42 Å². The Balaban J connectivity index is 2.01. The summed E-state index contributed by atoms with van der Waals surface area (Å²) in [5.74, 6) is -1.14. The quantitative estimate of drug-likeness (QED) is 0.710. The lowest BCUT2D eigenvalue weighted by Crippen LogP contribution is -2.11. The lowest BCUT2D eigenvalue weighted by atomic mass is 10.1. The van der Waals surface area contributed by atoms with Crippen molar-refractivity contribution in [3.05, 3.63) is 71.2 Å². The van der Waals surface area contributed by atoms with E-state index < -0.39 is 21.0 Å².